The van der Waals surface area contributed by atoms with Gasteiger partial charge in [-0.25, -0.2) is 0 Å². The van der Waals surface area contributed by atoms with E-state index in [0.717, 1.165) is 51.4 Å². The summed E-state index contributed by atoms with van der Waals surface area (Å²) < 4.78 is 10.7. The predicted molar refractivity (Wildman–Crippen MR) is 209 cm³/mol. The summed E-state index contributed by atoms with van der Waals surface area (Å²) in [5.41, 5.74) is 5.39. The lowest BCUT2D eigenvalue weighted by Gasteiger charge is -2.30. The molecule has 0 saturated heterocycles. The molecule has 0 fully saturated rings. The number of esters is 2. The van der Waals surface area contributed by atoms with E-state index in [-0.39, 0.29) is 31.6 Å². The first-order valence-corrected chi connectivity index (χ1v) is 20.9. The summed E-state index contributed by atoms with van der Waals surface area (Å²) in [6.45, 7) is 6.60. The molecule has 0 aliphatic carbocycles. The minimum atomic E-state index is -0.917. The van der Waals surface area contributed by atoms with Crippen LogP contribution >= 0.6 is 0 Å². The van der Waals surface area contributed by atoms with Crippen LogP contribution in [0.5, 0.6) is 0 Å². The number of allylic oxidation sites excluding steroid dienone is 4. The van der Waals surface area contributed by atoms with Gasteiger partial charge in [0.2, 0.25) is 0 Å². The highest BCUT2D eigenvalue weighted by Crippen LogP contribution is 2.17. The Morgan fingerprint density at radius 2 is 0.878 bits per heavy atom. The fourth-order valence-corrected chi connectivity index (χ4v) is 5.99. The zero-order valence-electron chi connectivity index (χ0n) is 32.7. The average Bonchev–Trinajstić information content (AvgIpc) is 3.08. The molecule has 2 atom stereocenters. The highest BCUT2D eigenvalue weighted by atomic mass is 16.5. The van der Waals surface area contributed by atoms with Gasteiger partial charge in [0.1, 0.15) is 0 Å². The van der Waals surface area contributed by atoms with Crippen LogP contribution < -0.4 is 5.73 Å². The lowest BCUT2D eigenvalue weighted by molar-refractivity contribution is -0.146. The van der Waals surface area contributed by atoms with Crippen molar-refractivity contribution >= 4 is 11.9 Å². The Bertz CT molecular complexity index is 793. The van der Waals surface area contributed by atoms with Crippen molar-refractivity contribution in [1.82, 2.24) is 0 Å². The number of hydrogen-bond acceptors (Lipinski definition) is 6. The summed E-state index contributed by atoms with van der Waals surface area (Å²) in [5, 5.41) is 10.6. The Hall–Kier alpha value is -1.66. The van der Waals surface area contributed by atoms with Crippen LogP contribution in [0.25, 0.3) is 0 Å². The SMILES string of the molecule is CCCCCCCC/C=C\CCCCCCCC(=O)OCCC(O)C(C)(N)CCOC(=O)CCCCCCC/C=C\CCCCCCCC. The number of nitrogens with two attached hydrogens (primary N) is 1. The molecule has 0 bridgehead atoms. The molecule has 0 rings (SSSR count). The number of rotatable bonds is 37. The molecule has 288 valence electrons. The van der Waals surface area contributed by atoms with E-state index in [4.69, 9.17) is 15.2 Å². The van der Waals surface area contributed by atoms with Gasteiger partial charge in [-0.1, -0.05) is 141 Å². The molecular formula is C43H81NO5. The molecule has 0 radical (unpaired) electrons. The first-order chi connectivity index (χ1) is 23.8. The molecule has 0 aliphatic heterocycles. The third-order valence-electron chi connectivity index (χ3n) is 9.60. The minimum absolute atomic E-state index is 0.146. The van der Waals surface area contributed by atoms with Gasteiger partial charge in [0.05, 0.1) is 19.3 Å². The highest BCUT2D eigenvalue weighted by molar-refractivity contribution is 5.69. The van der Waals surface area contributed by atoms with Gasteiger partial charge in [0.25, 0.3) is 0 Å². The van der Waals surface area contributed by atoms with E-state index in [2.05, 4.69) is 38.2 Å². The van der Waals surface area contributed by atoms with Gasteiger partial charge in [0.15, 0.2) is 0 Å². The number of hydrogen-bond donors (Lipinski definition) is 2. The van der Waals surface area contributed by atoms with Gasteiger partial charge in [-0.3, -0.25) is 9.59 Å². The summed E-state index contributed by atoms with van der Waals surface area (Å²) in [6, 6.07) is 0. The lowest BCUT2D eigenvalue weighted by atomic mass is 9.90. The van der Waals surface area contributed by atoms with Gasteiger partial charge in [0, 0.05) is 31.2 Å². The monoisotopic (exact) mass is 692 g/mol. The summed E-state index contributed by atoms with van der Waals surface area (Å²) in [6.07, 6.45) is 41.8. The Morgan fingerprint density at radius 3 is 1.27 bits per heavy atom. The standard InChI is InChI=1S/C43H81NO5/c1-4-6-8-10-12-14-16-18-20-22-24-26-28-30-32-34-41(46)48-38-36-40(45)43(3,44)37-39-49-42(47)35-33-31-29-27-25-23-21-19-17-15-13-11-9-7-5-2/h18-21,40,45H,4-17,22-39,44H2,1-3H3/b20-18-,21-19-. The van der Waals surface area contributed by atoms with Crippen LogP contribution in [0.3, 0.4) is 0 Å². The van der Waals surface area contributed by atoms with Crippen LogP contribution in [-0.2, 0) is 19.1 Å². The minimum Gasteiger partial charge on any atom is -0.466 e. The molecule has 3 N–H and O–H groups in total. The van der Waals surface area contributed by atoms with Crippen molar-refractivity contribution < 1.29 is 24.2 Å². The smallest absolute Gasteiger partial charge is 0.305 e. The summed E-state index contributed by atoms with van der Waals surface area (Å²) >= 11 is 0. The first kappa shape index (κ1) is 47.3. The van der Waals surface area contributed by atoms with E-state index in [0.29, 0.717) is 19.3 Å². The quantitative estimate of drug-likeness (QED) is 0.0382. The second kappa shape index (κ2) is 36.1. The molecule has 2 unspecified atom stereocenters. The zero-order chi connectivity index (χ0) is 36.1. The number of carbonyl (C=O) groups excluding carboxylic acids is 2. The van der Waals surface area contributed by atoms with Crippen molar-refractivity contribution in [2.45, 2.75) is 225 Å². The molecule has 0 heterocycles. The first-order valence-electron chi connectivity index (χ1n) is 20.9. The summed E-state index contributed by atoms with van der Waals surface area (Å²) in [7, 11) is 0. The van der Waals surface area contributed by atoms with E-state index >= 15 is 0 Å². The van der Waals surface area contributed by atoms with Crippen molar-refractivity contribution in [2.24, 2.45) is 5.73 Å². The number of ether oxygens (including phenoxy) is 2. The van der Waals surface area contributed by atoms with E-state index in [1.165, 1.54) is 116 Å². The molecule has 0 saturated carbocycles. The molecule has 49 heavy (non-hydrogen) atoms. The van der Waals surface area contributed by atoms with Gasteiger partial charge >= 0.3 is 11.9 Å². The molecule has 6 nitrogen and oxygen atoms in total. The molecular weight excluding hydrogens is 610 g/mol. The Morgan fingerprint density at radius 1 is 0.551 bits per heavy atom. The lowest BCUT2D eigenvalue weighted by Crippen LogP contribution is -2.49. The van der Waals surface area contributed by atoms with E-state index < -0.39 is 11.6 Å². The third kappa shape index (κ3) is 34.6. The van der Waals surface area contributed by atoms with Crippen LogP contribution in [0, 0.1) is 0 Å². The van der Waals surface area contributed by atoms with Crippen molar-refractivity contribution in [3.05, 3.63) is 24.3 Å². The van der Waals surface area contributed by atoms with E-state index in [1.54, 1.807) is 6.92 Å². The largest absolute Gasteiger partial charge is 0.466 e. The number of unbranched alkanes of at least 4 members (excludes halogenated alkanes) is 22. The van der Waals surface area contributed by atoms with Crippen molar-refractivity contribution in [1.29, 1.82) is 0 Å². The second-order valence-electron chi connectivity index (χ2n) is 14.7. The molecule has 0 aliphatic rings. The fraction of sp³-hybridized carbons (Fsp3) is 0.860. The van der Waals surface area contributed by atoms with Gasteiger partial charge < -0.3 is 20.3 Å². The van der Waals surface area contributed by atoms with Crippen LogP contribution in [0.4, 0.5) is 0 Å². The Labute approximate surface area is 303 Å². The molecule has 0 aromatic carbocycles. The molecule has 0 spiro atoms. The third-order valence-corrected chi connectivity index (χ3v) is 9.60. The molecule has 6 heteroatoms. The topological polar surface area (TPSA) is 98.8 Å². The van der Waals surface area contributed by atoms with Gasteiger partial charge in [-0.05, 0) is 71.1 Å². The van der Waals surface area contributed by atoms with E-state index in [9.17, 15) is 14.7 Å². The second-order valence-corrected chi connectivity index (χ2v) is 14.7. The fourth-order valence-electron chi connectivity index (χ4n) is 5.99. The number of carbonyl (C=O) groups is 2. The van der Waals surface area contributed by atoms with Crippen LogP contribution in [0.2, 0.25) is 0 Å². The molecule has 0 aromatic rings. The van der Waals surface area contributed by atoms with Crippen molar-refractivity contribution in [3.8, 4) is 0 Å². The van der Waals surface area contributed by atoms with Crippen molar-refractivity contribution in [2.75, 3.05) is 13.2 Å². The predicted octanol–water partition coefficient (Wildman–Crippen LogP) is 12.0. The summed E-state index contributed by atoms with van der Waals surface area (Å²) in [4.78, 5) is 24.2. The van der Waals surface area contributed by atoms with Crippen LogP contribution in [0.1, 0.15) is 213 Å². The Balaban J connectivity index is 3.65. The average molecular weight is 692 g/mol. The maximum atomic E-state index is 12.1. The maximum absolute atomic E-state index is 12.1. The number of aliphatic hydroxyl groups excluding tert-OH is 1. The number of aliphatic hydroxyl groups is 1. The summed E-state index contributed by atoms with van der Waals surface area (Å²) in [5.74, 6) is -0.416. The van der Waals surface area contributed by atoms with Gasteiger partial charge in [-0.2, -0.15) is 0 Å². The molecule has 0 amide bonds. The van der Waals surface area contributed by atoms with Crippen molar-refractivity contribution in [3.63, 3.8) is 0 Å². The van der Waals surface area contributed by atoms with Crippen LogP contribution in [0.15, 0.2) is 24.3 Å². The van der Waals surface area contributed by atoms with Gasteiger partial charge in [-0.15, -0.1) is 0 Å². The zero-order valence-corrected chi connectivity index (χ0v) is 32.7. The Kier molecular flexibility index (Phi) is 34.9. The maximum Gasteiger partial charge on any atom is 0.305 e. The van der Waals surface area contributed by atoms with Crippen LogP contribution in [-0.4, -0.2) is 41.9 Å². The van der Waals surface area contributed by atoms with E-state index in [1.807, 2.05) is 0 Å². The highest BCUT2D eigenvalue weighted by Gasteiger charge is 2.28. The molecule has 0 aromatic heterocycles. The normalized spacial score (nSPS) is 13.7.